The van der Waals surface area contributed by atoms with Crippen LogP contribution in [0.4, 0.5) is 23.2 Å². The fourth-order valence-corrected chi connectivity index (χ4v) is 7.59. The van der Waals surface area contributed by atoms with Crippen LogP contribution in [-0.2, 0) is 42.6 Å². The number of ether oxygens (including phenoxy) is 11. The highest BCUT2D eigenvalue weighted by Gasteiger charge is 2.27. The number of amides is 4. The minimum absolute atomic E-state index is 0.0216. The number of nitrogens with zero attached hydrogens (tertiary/aromatic N) is 1. The summed E-state index contributed by atoms with van der Waals surface area (Å²) >= 11 is 0. The molecule has 4 aromatic rings. The number of alkyl carbamates (subject to hydrolysis) is 2. The Balaban J connectivity index is 1.47. The molecule has 3 unspecified atom stereocenters. The van der Waals surface area contributed by atoms with Gasteiger partial charge in [0.25, 0.3) is 5.91 Å². The molecule has 428 valence electrons. The van der Waals surface area contributed by atoms with Crippen LogP contribution in [0.25, 0.3) is 0 Å². The van der Waals surface area contributed by atoms with Crippen LogP contribution in [0.15, 0.2) is 84.9 Å². The summed E-state index contributed by atoms with van der Waals surface area (Å²) < 4.78 is 89.7. The van der Waals surface area contributed by atoms with Crippen molar-refractivity contribution in [3.63, 3.8) is 0 Å². The van der Waals surface area contributed by atoms with Crippen LogP contribution in [0.2, 0.25) is 0 Å². The normalized spacial score (nSPS) is 12.3. The smallest absolute Gasteiger partial charge is 0.410 e. The Morgan fingerprint density at radius 2 is 1.12 bits per heavy atom. The molecule has 0 fully saturated rings. The largest absolute Gasteiger partial charge is 0.491 e. The SMILES string of the molecule is COCCCCCC(CNC(=O)c1cc(OCCOC)cc(C(OCCNC(=O)OCOC(=O)c2cc(OCCOC)cc(C(OCCNC(=O)OC)c3cccc(F)c3)c2)c2cccc(F)c2)c1)N(C)C(=O)OC(C)(C)C. The van der Waals surface area contributed by atoms with Gasteiger partial charge in [0, 0.05) is 60.2 Å². The molecule has 0 saturated heterocycles. The van der Waals surface area contributed by atoms with Crippen molar-refractivity contribution in [3.05, 3.63) is 130 Å². The maximum absolute atomic E-state index is 14.8. The van der Waals surface area contributed by atoms with E-state index in [9.17, 15) is 32.8 Å². The first-order valence-electron chi connectivity index (χ1n) is 25.3. The molecule has 0 spiro atoms. The van der Waals surface area contributed by atoms with Gasteiger partial charge >= 0.3 is 24.2 Å². The van der Waals surface area contributed by atoms with Crippen molar-refractivity contribution < 1.29 is 84.9 Å². The Labute approximate surface area is 454 Å². The molecule has 0 radical (unpaired) electrons. The van der Waals surface area contributed by atoms with E-state index < -0.39 is 72.4 Å². The highest BCUT2D eigenvalue weighted by molar-refractivity contribution is 5.95. The van der Waals surface area contributed by atoms with E-state index in [1.165, 1.54) is 74.8 Å². The van der Waals surface area contributed by atoms with E-state index in [2.05, 4.69) is 20.7 Å². The van der Waals surface area contributed by atoms with Crippen LogP contribution in [0, 0.1) is 11.6 Å². The topological polar surface area (TPSA) is 226 Å². The Morgan fingerprint density at radius 1 is 0.577 bits per heavy atom. The van der Waals surface area contributed by atoms with Crippen molar-refractivity contribution in [2.45, 2.75) is 70.3 Å². The number of carbonyl (C=O) groups is 5. The molecule has 0 aliphatic heterocycles. The van der Waals surface area contributed by atoms with E-state index in [4.69, 9.17) is 47.4 Å². The summed E-state index contributed by atoms with van der Waals surface area (Å²) in [6, 6.07) is 20.2. The molecule has 22 heteroatoms. The second kappa shape index (κ2) is 33.9. The van der Waals surface area contributed by atoms with E-state index in [1.807, 2.05) is 0 Å². The first kappa shape index (κ1) is 63.4. The van der Waals surface area contributed by atoms with E-state index in [-0.39, 0.29) is 76.2 Å². The summed E-state index contributed by atoms with van der Waals surface area (Å²) in [4.78, 5) is 66.7. The third-order valence-corrected chi connectivity index (χ3v) is 11.4. The molecule has 4 rings (SSSR count). The van der Waals surface area contributed by atoms with Gasteiger partial charge in [0.1, 0.15) is 54.2 Å². The van der Waals surface area contributed by atoms with Crippen LogP contribution in [0.5, 0.6) is 11.5 Å². The molecule has 4 amide bonds. The zero-order valence-electron chi connectivity index (χ0n) is 45.7. The molecule has 3 atom stereocenters. The number of hydrogen-bond acceptors (Lipinski definition) is 16. The van der Waals surface area contributed by atoms with Gasteiger partial charge in [0.15, 0.2) is 0 Å². The minimum atomic E-state index is -0.989. The highest BCUT2D eigenvalue weighted by Crippen LogP contribution is 2.33. The number of unbranched alkanes of at least 4 members (excludes halogenated alkanes) is 2. The van der Waals surface area contributed by atoms with Crippen molar-refractivity contribution in [2.75, 3.05) is 108 Å². The maximum atomic E-state index is 14.8. The average Bonchev–Trinajstić information content (AvgIpc) is 3.41. The van der Waals surface area contributed by atoms with Crippen molar-refractivity contribution in [3.8, 4) is 11.5 Å². The van der Waals surface area contributed by atoms with Gasteiger partial charge in [-0.05, 0) is 117 Å². The Kier molecular flexibility index (Phi) is 27.6. The standard InChI is InChI=1S/C56H74F2N4O16/c1-56(2,3)78-55(67)62(4)46(18-10-9-11-21-68-5)36-61-51(63)42-28-40(32-47(34-42)72-26-24-69-6)49(38-14-12-16-44(57)30-38)75-23-20-60-54(66)77-37-76-52(64)43-29-41(33-48(35-43)73-27-25-70-7)50(39-15-13-17-45(58)31-39)74-22-19-59-53(65)71-8/h12-17,28-35,46,49-50H,9-11,18-27,36-37H2,1-8H3,(H,59,65)(H,60,66)(H,61,63). The third-order valence-electron chi connectivity index (χ3n) is 11.4. The number of carbonyl (C=O) groups excluding carboxylic acids is 5. The van der Waals surface area contributed by atoms with Crippen molar-refractivity contribution in [1.29, 1.82) is 0 Å². The lowest BCUT2D eigenvalue weighted by Gasteiger charge is -2.31. The molecule has 0 saturated carbocycles. The fraction of sp³-hybridized carbons (Fsp3) is 0.482. The van der Waals surface area contributed by atoms with Crippen LogP contribution in [-0.4, -0.2) is 155 Å². The number of methoxy groups -OCH3 is 4. The van der Waals surface area contributed by atoms with Crippen LogP contribution in [0.3, 0.4) is 0 Å². The number of nitrogens with one attached hydrogen (secondary N) is 3. The van der Waals surface area contributed by atoms with Crippen molar-refractivity contribution >= 4 is 30.2 Å². The van der Waals surface area contributed by atoms with E-state index in [1.54, 1.807) is 71.3 Å². The summed E-state index contributed by atoms with van der Waals surface area (Å²) in [7, 11) is 7.51. The summed E-state index contributed by atoms with van der Waals surface area (Å²) in [5.74, 6) is -1.95. The molecule has 0 aromatic heterocycles. The predicted octanol–water partition coefficient (Wildman–Crippen LogP) is 8.30. The second-order valence-electron chi connectivity index (χ2n) is 18.5. The molecule has 0 heterocycles. The molecule has 0 aliphatic rings. The first-order valence-corrected chi connectivity index (χ1v) is 25.3. The summed E-state index contributed by atoms with van der Waals surface area (Å²) in [5.41, 5.74) is 0.998. The molecule has 0 aliphatic carbocycles. The number of hydrogen-bond donors (Lipinski definition) is 3. The lowest BCUT2D eigenvalue weighted by atomic mass is 9.98. The molecule has 20 nitrogen and oxygen atoms in total. The molecule has 3 N–H and O–H groups in total. The van der Waals surface area contributed by atoms with Gasteiger partial charge in [-0.1, -0.05) is 37.1 Å². The predicted molar refractivity (Wildman–Crippen MR) is 282 cm³/mol. The number of rotatable bonds is 33. The number of halogens is 2. The van der Waals surface area contributed by atoms with Crippen LogP contribution >= 0.6 is 0 Å². The second-order valence-corrected chi connectivity index (χ2v) is 18.5. The first-order chi connectivity index (χ1) is 37.4. The average molecular weight is 1100 g/mol. The van der Waals surface area contributed by atoms with Gasteiger partial charge in [0.2, 0.25) is 6.79 Å². The zero-order chi connectivity index (χ0) is 56.9. The Morgan fingerprint density at radius 3 is 1.64 bits per heavy atom. The third kappa shape index (κ3) is 22.8. The van der Waals surface area contributed by atoms with Crippen LogP contribution < -0.4 is 25.4 Å². The van der Waals surface area contributed by atoms with Gasteiger partial charge in [-0.3, -0.25) is 4.79 Å². The monoisotopic (exact) mass is 1100 g/mol. The summed E-state index contributed by atoms with van der Waals surface area (Å²) in [5, 5.41) is 8.01. The van der Waals surface area contributed by atoms with Gasteiger partial charge in [-0.25, -0.2) is 28.0 Å². The minimum Gasteiger partial charge on any atom is -0.491 e. The van der Waals surface area contributed by atoms with E-state index in [0.29, 0.717) is 41.0 Å². The Hall–Kier alpha value is -7.11. The summed E-state index contributed by atoms with van der Waals surface area (Å²) in [6.07, 6.45) is -1.07. The number of esters is 1. The molecule has 0 bridgehead atoms. The fourth-order valence-electron chi connectivity index (χ4n) is 7.59. The van der Waals surface area contributed by atoms with Gasteiger partial charge in [0.05, 0.1) is 45.1 Å². The maximum Gasteiger partial charge on any atom is 0.410 e. The van der Waals surface area contributed by atoms with Gasteiger partial charge < -0.3 is 73.0 Å². The molecule has 78 heavy (non-hydrogen) atoms. The molecular formula is C56H74F2N4O16. The number of benzene rings is 4. The van der Waals surface area contributed by atoms with Gasteiger partial charge in [-0.2, -0.15) is 0 Å². The van der Waals surface area contributed by atoms with E-state index in [0.717, 1.165) is 19.3 Å². The lowest BCUT2D eigenvalue weighted by Crippen LogP contribution is -2.46. The Bertz CT molecular complexity index is 2510. The number of likely N-dealkylation sites (N-methyl/N-ethyl adjacent to an activating group) is 1. The van der Waals surface area contributed by atoms with Crippen molar-refractivity contribution in [2.24, 2.45) is 0 Å². The lowest BCUT2D eigenvalue weighted by molar-refractivity contribution is -0.00327. The van der Waals surface area contributed by atoms with E-state index >= 15 is 0 Å². The van der Waals surface area contributed by atoms with Crippen LogP contribution in [0.1, 0.15) is 102 Å². The summed E-state index contributed by atoms with van der Waals surface area (Å²) in [6.45, 7) is 5.68. The quantitative estimate of drug-likeness (QED) is 0.0176. The molecule has 4 aromatic carbocycles. The van der Waals surface area contributed by atoms with Crippen molar-refractivity contribution in [1.82, 2.24) is 20.9 Å². The highest BCUT2D eigenvalue weighted by atomic mass is 19.1. The zero-order valence-corrected chi connectivity index (χ0v) is 45.7. The van der Waals surface area contributed by atoms with Gasteiger partial charge in [-0.15, -0.1) is 0 Å². The molecular weight excluding hydrogens is 1020 g/mol.